The molecule has 4 fully saturated rings. The quantitative estimate of drug-likeness (QED) is 0.0361. The first-order valence-corrected chi connectivity index (χ1v) is 25.2. The van der Waals surface area contributed by atoms with E-state index in [1.807, 2.05) is 0 Å². The van der Waals surface area contributed by atoms with E-state index in [-0.39, 0.29) is 47.4 Å². The van der Waals surface area contributed by atoms with Crippen LogP contribution in [0.3, 0.4) is 0 Å². The minimum atomic E-state index is -4.10. The summed E-state index contributed by atoms with van der Waals surface area (Å²) in [6.07, 6.45) is 43.6. The van der Waals surface area contributed by atoms with E-state index in [9.17, 15) is 23.1 Å². The Balaban J connectivity index is 1.08. The number of aliphatic hydroxyl groups excluding tert-OH is 1. The third-order valence-electron chi connectivity index (χ3n) is 15.2. The largest absolute Gasteiger partial charge is 0.462 e. The van der Waals surface area contributed by atoms with Crippen LogP contribution in [-0.2, 0) is 24.4 Å². The van der Waals surface area contributed by atoms with Crippen LogP contribution in [0.25, 0.3) is 0 Å². The van der Waals surface area contributed by atoms with Gasteiger partial charge >= 0.3 is 5.97 Å². The van der Waals surface area contributed by atoms with Gasteiger partial charge < -0.3 is 15.2 Å². The average Bonchev–Trinajstić information content (AvgIpc) is 3.56. The van der Waals surface area contributed by atoms with Crippen molar-refractivity contribution in [3.63, 3.8) is 0 Å². The molecule has 9 heteroatoms. The normalized spacial score (nSPS) is 31.6. The third-order valence-corrected chi connectivity index (χ3v) is 15.9. The lowest BCUT2D eigenvalue weighted by Crippen LogP contribution is -2.59. The Morgan fingerprint density at radius 1 is 0.780 bits per heavy atom. The van der Waals surface area contributed by atoms with Crippen LogP contribution in [0, 0.1) is 46.3 Å². The molecule has 0 radical (unpaired) electrons. The number of fused-ring (bicyclic) bond motifs is 5. The molecule has 10 atom stereocenters. The van der Waals surface area contributed by atoms with E-state index in [4.69, 9.17) is 9.29 Å². The lowest BCUT2D eigenvalue weighted by Gasteiger charge is -2.62. The predicted molar refractivity (Wildman–Crippen MR) is 241 cm³/mol. The van der Waals surface area contributed by atoms with Gasteiger partial charge in [-0.2, -0.15) is 8.42 Å². The molecule has 0 aromatic rings. The summed E-state index contributed by atoms with van der Waals surface area (Å²) in [6, 6.07) is 0. The number of aliphatic hydroxyl groups is 1. The summed E-state index contributed by atoms with van der Waals surface area (Å²) >= 11 is 0. The Labute approximate surface area is 359 Å². The number of allylic oxidation sites excluding steroid dienone is 10. The summed E-state index contributed by atoms with van der Waals surface area (Å²) in [6.45, 7) is 9.06. The number of hydrogen-bond donors (Lipinski definition) is 3. The van der Waals surface area contributed by atoms with Gasteiger partial charge in [-0.3, -0.25) is 14.1 Å². The van der Waals surface area contributed by atoms with Crippen LogP contribution >= 0.6 is 0 Å². The topological polar surface area (TPSA) is 130 Å². The van der Waals surface area contributed by atoms with E-state index in [1.54, 1.807) is 0 Å². The minimum absolute atomic E-state index is 0.0151. The molecule has 4 saturated carbocycles. The van der Waals surface area contributed by atoms with Crippen LogP contribution < -0.4 is 5.32 Å². The van der Waals surface area contributed by atoms with Crippen molar-refractivity contribution in [3.8, 4) is 0 Å². The molecular weight excluding hydrogens is 759 g/mol. The van der Waals surface area contributed by atoms with E-state index < -0.39 is 15.9 Å². The highest BCUT2D eigenvalue weighted by atomic mass is 32.2. The van der Waals surface area contributed by atoms with Crippen molar-refractivity contribution in [2.45, 2.75) is 181 Å². The minimum Gasteiger partial charge on any atom is -0.462 e. The number of hydrogen-bond acceptors (Lipinski definition) is 6. The Bertz CT molecular complexity index is 1550. The highest BCUT2D eigenvalue weighted by Crippen LogP contribution is 2.68. The fraction of sp³-hybridized carbons (Fsp3) is 0.760. The maximum absolute atomic E-state index is 12.9. The van der Waals surface area contributed by atoms with Crippen LogP contribution in [0.2, 0.25) is 0 Å². The Morgan fingerprint density at radius 2 is 1.41 bits per heavy atom. The molecule has 4 aliphatic rings. The molecular formula is C50H81NO7S. The lowest BCUT2D eigenvalue weighted by atomic mass is 9.43. The lowest BCUT2D eigenvalue weighted by molar-refractivity contribution is -0.181. The molecule has 10 unspecified atom stereocenters. The van der Waals surface area contributed by atoms with Crippen molar-refractivity contribution in [2.24, 2.45) is 46.3 Å². The fourth-order valence-electron chi connectivity index (χ4n) is 11.9. The van der Waals surface area contributed by atoms with Crippen molar-refractivity contribution >= 4 is 22.0 Å². The zero-order chi connectivity index (χ0) is 42.7. The standard InChI is InChI=1S/C50H81NO7S/c1-5-6-7-8-9-10-11-12-13-14-15-16-17-18-19-20-21-22-23-24-25-26-48(54)58-41-33-34-49(3)40(37-41)28-29-42-44-31-30-43(50(44,4)46(52)38-45(42)49)39(2)27-32-47(53)51-35-36-59(55,56)57/h6-7,9-10,12-13,15-16,18-19,39-46,52H,5,8,11,14,17,20-38H2,1-4H3,(H,51,53)(H,55,56,57)/b7-6-,10-9-,13-12-,16-15-,19-18-. The highest BCUT2D eigenvalue weighted by Gasteiger charge is 2.63. The van der Waals surface area contributed by atoms with E-state index >= 15 is 0 Å². The van der Waals surface area contributed by atoms with E-state index in [0.717, 1.165) is 103 Å². The average molecular weight is 840 g/mol. The van der Waals surface area contributed by atoms with Crippen molar-refractivity contribution in [1.29, 1.82) is 0 Å². The van der Waals surface area contributed by atoms with Gasteiger partial charge in [0.25, 0.3) is 10.1 Å². The molecule has 1 amide bonds. The SMILES string of the molecule is CC/C=C\C/C=C\C/C=C\C/C=C\C/C=C\CCCCCCCC(=O)OC1CCC2(C)C(CCC3C2CC(O)C2(C)C(C(C)CCC(=O)NCCS(=O)(=O)O)CCC32)C1. The molecule has 4 aliphatic carbocycles. The van der Waals surface area contributed by atoms with Crippen LogP contribution in [0.15, 0.2) is 60.8 Å². The Morgan fingerprint density at radius 3 is 2.07 bits per heavy atom. The summed E-state index contributed by atoms with van der Waals surface area (Å²) < 4.78 is 37.0. The van der Waals surface area contributed by atoms with Gasteiger partial charge in [0.05, 0.1) is 11.9 Å². The number of nitrogens with one attached hydrogen (secondary N) is 1. The van der Waals surface area contributed by atoms with Crippen LogP contribution in [0.5, 0.6) is 0 Å². The molecule has 0 heterocycles. The van der Waals surface area contributed by atoms with Crippen LogP contribution in [0.4, 0.5) is 0 Å². The van der Waals surface area contributed by atoms with Crippen molar-refractivity contribution in [3.05, 3.63) is 60.8 Å². The summed E-state index contributed by atoms with van der Waals surface area (Å²) in [5.41, 5.74) is -0.0150. The molecule has 0 aromatic carbocycles. The smallest absolute Gasteiger partial charge is 0.306 e. The fourth-order valence-corrected chi connectivity index (χ4v) is 12.3. The van der Waals surface area contributed by atoms with Crippen molar-refractivity contribution in [2.75, 3.05) is 12.3 Å². The maximum atomic E-state index is 12.9. The summed E-state index contributed by atoms with van der Waals surface area (Å²) in [5, 5.41) is 14.6. The number of rotatable bonds is 25. The van der Waals surface area contributed by atoms with E-state index in [2.05, 4.69) is 93.8 Å². The van der Waals surface area contributed by atoms with E-state index in [0.29, 0.717) is 48.9 Å². The molecule has 0 saturated heterocycles. The molecule has 0 bridgehead atoms. The van der Waals surface area contributed by atoms with Gasteiger partial charge in [-0.05, 0) is 155 Å². The van der Waals surface area contributed by atoms with E-state index in [1.165, 1.54) is 19.3 Å². The van der Waals surface area contributed by atoms with Crippen LogP contribution in [-0.4, -0.2) is 54.5 Å². The number of amides is 1. The Kier molecular flexibility index (Phi) is 20.7. The zero-order valence-electron chi connectivity index (χ0n) is 37.2. The zero-order valence-corrected chi connectivity index (χ0v) is 38.0. The molecule has 59 heavy (non-hydrogen) atoms. The summed E-state index contributed by atoms with van der Waals surface area (Å²) in [4.78, 5) is 25.3. The molecule has 0 aliphatic heterocycles. The summed E-state index contributed by atoms with van der Waals surface area (Å²) in [7, 11) is -4.10. The van der Waals surface area contributed by atoms with Crippen molar-refractivity contribution in [1.82, 2.24) is 5.32 Å². The number of ether oxygens (including phenoxy) is 1. The Hall–Kier alpha value is -2.49. The second-order valence-corrected chi connectivity index (χ2v) is 20.6. The first-order valence-electron chi connectivity index (χ1n) is 23.6. The monoisotopic (exact) mass is 840 g/mol. The van der Waals surface area contributed by atoms with Crippen LogP contribution in [0.1, 0.15) is 169 Å². The molecule has 3 N–H and O–H groups in total. The highest BCUT2D eigenvalue weighted by molar-refractivity contribution is 7.85. The first kappa shape index (κ1) is 49.2. The molecule has 4 rings (SSSR count). The molecule has 0 spiro atoms. The summed E-state index contributed by atoms with van der Waals surface area (Å²) in [5.74, 6) is 1.96. The molecule has 8 nitrogen and oxygen atoms in total. The molecule has 0 aromatic heterocycles. The predicted octanol–water partition coefficient (Wildman–Crippen LogP) is 11.4. The molecule has 334 valence electrons. The van der Waals surface area contributed by atoms with Gasteiger partial charge in [0.1, 0.15) is 6.10 Å². The third kappa shape index (κ3) is 15.1. The van der Waals surface area contributed by atoms with Crippen molar-refractivity contribution < 1.29 is 32.4 Å². The first-order chi connectivity index (χ1) is 28.3. The second kappa shape index (κ2) is 24.8. The number of esters is 1. The number of carbonyl (C=O) groups is 2. The van der Waals surface area contributed by atoms with Gasteiger partial charge in [0.2, 0.25) is 5.91 Å². The van der Waals surface area contributed by atoms with Gasteiger partial charge in [0, 0.05) is 19.4 Å². The number of carbonyl (C=O) groups excluding carboxylic acids is 2. The second-order valence-electron chi connectivity index (χ2n) is 19.0. The van der Waals surface area contributed by atoms with Gasteiger partial charge in [-0.15, -0.1) is 0 Å². The number of unbranched alkanes of at least 4 members (excludes halogenated alkanes) is 5. The maximum Gasteiger partial charge on any atom is 0.306 e. The van der Waals surface area contributed by atoms with Gasteiger partial charge in [-0.1, -0.05) is 108 Å². The van der Waals surface area contributed by atoms with Gasteiger partial charge in [0.15, 0.2) is 0 Å². The van der Waals surface area contributed by atoms with Gasteiger partial charge in [-0.25, -0.2) is 0 Å².